The first kappa shape index (κ1) is 20.2. The minimum absolute atomic E-state index is 0.154. The van der Waals surface area contributed by atoms with E-state index in [0.29, 0.717) is 10.6 Å². The van der Waals surface area contributed by atoms with E-state index >= 15 is 0 Å². The maximum atomic E-state index is 12.6. The third kappa shape index (κ3) is 4.46. The molecule has 0 aliphatic carbocycles. The summed E-state index contributed by atoms with van der Waals surface area (Å²) in [6.45, 7) is 4.33. The summed E-state index contributed by atoms with van der Waals surface area (Å²) in [7, 11) is 0. The van der Waals surface area contributed by atoms with Gasteiger partial charge in [0.2, 0.25) is 5.78 Å². The van der Waals surface area contributed by atoms with Crippen molar-refractivity contribution in [3.05, 3.63) is 74.2 Å². The van der Waals surface area contributed by atoms with Gasteiger partial charge in [0.25, 0.3) is 0 Å². The standard InChI is InChI=1S/C21H21ClN2O3S/c1-13-10-17(14(2)24(13)8-7-16-4-3-9-28-16)20(25)12-27-21(26)18-11-15(22)5-6-19(18)23/h3-6,9-11H,7-8,12,23H2,1-2H3. The van der Waals surface area contributed by atoms with Gasteiger partial charge in [0, 0.05) is 39.1 Å². The van der Waals surface area contributed by atoms with Crippen LogP contribution in [0.25, 0.3) is 0 Å². The Morgan fingerprint density at radius 1 is 1.18 bits per heavy atom. The number of rotatable bonds is 7. The van der Waals surface area contributed by atoms with Crippen LogP contribution in [0.2, 0.25) is 5.02 Å². The second-order valence-electron chi connectivity index (χ2n) is 6.50. The Morgan fingerprint density at radius 3 is 2.68 bits per heavy atom. The molecule has 3 aromatic rings. The summed E-state index contributed by atoms with van der Waals surface area (Å²) in [6.07, 6.45) is 0.907. The molecule has 0 aliphatic rings. The SMILES string of the molecule is Cc1cc(C(=O)COC(=O)c2cc(Cl)ccc2N)c(C)n1CCc1cccs1. The van der Waals surface area contributed by atoms with Crippen molar-refractivity contribution in [2.24, 2.45) is 0 Å². The fourth-order valence-corrected chi connectivity index (χ4v) is 3.97. The highest BCUT2D eigenvalue weighted by Gasteiger charge is 2.19. The van der Waals surface area contributed by atoms with Crippen molar-refractivity contribution in [1.29, 1.82) is 0 Å². The summed E-state index contributed by atoms with van der Waals surface area (Å²) in [6, 6.07) is 10.5. The van der Waals surface area contributed by atoms with E-state index in [1.54, 1.807) is 17.4 Å². The number of aryl methyl sites for hydroxylation is 2. The van der Waals surface area contributed by atoms with Gasteiger partial charge >= 0.3 is 5.97 Å². The number of nitrogens with two attached hydrogens (primary N) is 1. The predicted octanol–water partition coefficient (Wildman–Crippen LogP) is 4.68. The van der Waals surface area contributed by atoms with Crippen molar-refractivity contribution in [2.45, 2.75) is 26.8 Å². The van der Waals surface area contributed by atoms with Gasteiger partial charge in [0.15, 0.2) is 6.61 Å². The molecule has 5 nitrogen and oxygen atoms in total. The molecule has 7 heteroatoms. The van der Waals surface area contributed by atoms with E-state index in [2.05, 4.69) is 16.0 Å². The van der Waals surface area contributed by atoms with Gasteiger partial charge in [-0.15, -0.1) is 11.3 Å². The molecule has 0 spiro atoms. The lowest BCUT2D eigenvalue weighted by atomic mass is 10.1. The number of benzene rings is 1. The first-order chi connectivity index (χ1) is 13.4. The summed E-state index contributed by atoms with van der Waals surface area (Å²) in [4.78, 5) is 26.1. The van der Waals surface area contributed by atoms with Crippen LogP contribution in [0.3, 0.4) is 0 Å². The van der Waals surface area contributed by atoms with Crippen molar-refractivity contribution < 1.29 is 14.3 Å². The Balaban J connectivity index is 1.66. The molecule has 0 amide bonds. The molecule has 0 fully saturated rings. The smallest absolute Gasteiger partial charge is 0.340 e. The number of thiophene rings is 1. The number of nitrogens with zero attached hydrogens (tertiary/aromatic N) is 1. The highest BCUT2D eigenvalue weighted by molar-refractivity contribution is 7.09. The number of hydrogen-bond acceptors (Lipinski definition) is 5. The summed E-state index contributed by atoms with van der Waals surface area (Å²) in [5.41, 5.74) is 8.63. The molecule has 0 atom stereocenters. The number of carbonyl (C=O) groups excluding carboxylic acids is 2. The minimum Gasteiger partial charge on any atom is -0.454 e. The topological polar surface area (TPSA) is 74.3 Å². The van der Waals surface area contributed by atoms with Crippen LogP contribution in [0.15, 0.2) is 41.8 Å². The fourth-order valence-electron chi connectivity index (χ4n) is 3.10. The highest BCUT2D eigenvalue weighted by atomic mass is 35.5. The van der Waals surface area contributed by atoms with E-state index in [0.717, 1.165) is 24.4 Å². The number of carbonyl (C=O) groups is 2. The van der Waals surface area contributed by atoms with Crippen molar-refractivity contribution >= 4 is 40.4 Å². The lowest BCUT2D eigenvalue weighted by Crippen LogP contribution is -2.16. The molecule has 1 aromatic carbocycles. The number of ketones is 1. The molecule has 146 valence electrons. The zero-order chi connectivity index (χ0) is 20.3. The first-order valence-corrected chi connectivity index (χ1v) is 10.1. The van der Waals surface area contributed by atoms with E-state index in [4.69, 9.17) is 22.1 Å². The van der Waals surface area contributed by atoms with Crippen molar-refractivity contribution in [2.75, 3.05) is 12.3 Å². The second kappa shape index (κ2) is 8.63. The van der Waals surface area contributed by atoms with Crippen LogP contribution in [0.5, 0.6) is 0 Å². The molecule has 0 saturated heterocycles. The van der Waals surface area contributed by atoms with Gasteiger partial charge in [-0.05, 0) is 56.0 Å². The molecule has 0 bridgehead atoms. The quantitative estimate of drug-likeness (QED) is 0.344. The monoisotopic (exact) mass is 416 g/mol. The van der Waals surface area contributed by atoms with Crippen molar-refractivity contribution in [3.8, 4) is 0 Å². The molecular weight excluding hydrogens is 396 g/mol. The number of Topliss-reactive ketones (excluding diaryl/α,β-unsaturated/α-hetero) is 1. The maximum Gasteiger partial charge on any atom is 0.340 e. The lowest BCUT2D eigenvalue weighted by Gasteiger charge is -2.09. The second-order valence-corrected chi connectivity index (χ2v) is 7.97. The van der Waals surface area contributed by atoms with Gasteiger partial charge in [-0.1, -0.05) is 17.7 Å². The third-order valence-corrected chi connectivity index (χ3v) is 5.78. The Kier molecular flexibility index (Phi) is 6.21. The molecule has 0 radical (unpaired) electrons. The number of ether oxygens (including phenoxy) is 1. The van der Waals surface area contributed by atoms with Crippen molar-refractivity contribution in [3.63, 3.8) is 0 Å². The van der Waals surface area contributed by atoms with Crippen LogP contribution in [0, 0.1) is 13.8 Å². The molecule has 0 unspecified atom stereocenters. The predicted molar refractivity (Wildman–Crippen MR) is 112 cm³/mol. The Morgan fingerprint density at radius 2 is 1.96 bits per heavy atom. The third-order valence-electron chi connectivity index (χ3n) is 4.61. The average molecular weight is 417 g/mol. The minimum atomic E-state index is -0.667. The highest BCUT2D eigenvalue weighted by Crippen LogP contribution is 2.20. The van der Waals surface area contributed by atoms with Gasteiger partial charge in [0.1, 0.15) is 0 Å². The molecule has 2 heterocycles. The van der Waals surface area contributed by atoms with Gasteiger partial charge in [-0.25, -0.2) is 4.79 Å². The average Bonchev–Trinajstić information content (AvgIpc) is 3.28. The first-order valence-electron chi connectivity index (χ1n) is 8.81. The summed E-state index contributed by atoms with van der Waals surface area (Å²) >= 11 is 7.62. The molecule has 3 rings (SSSR count). The number of anilines is 1. The largest absolute Gasteiger partial charge is 0.454 e. The Hall–Kier alpha value is -2.57. The fraction of sp³-hybridized carbons (Fsp3) is 0.238. The van der Waals surface area contributed by atoms with E-state index in [1.807, 2.05) is 26.0 Å². The summed E-state index contributed by atoms with van der Waals surface area (Å²) in [5.74, 6) is -0.913. The van der Waals surface area contributed by atoms with E-state index in [1.165, 1.54) is 17.0 Å². The molecule has 0 saturated carbocycles. The van der Waals surface area contributed by atoms with E-state index in [9.17, 15) is 9.59 Å². The number of aromatic nitrogens is 1. The number of nitrogen functional groups attached to an aromatic ring is 1. The van der Waals surface area contributed by atoms with E-state index < -0.39 is 5.97 Å². The normalized spacial score (nSPS) is 10.8. The van der Waals surface area contributed by atoms with Gasteiger partial charge in [-0.3, -0.25) is 4.79 Å². The van der Waals surface area contributed by atoms with Gasteiger partial charge in [0.05, 0.1) is 5.56 Å². The zero-order valence-corrected chi connectivity index (χ0v) is 17.3. The molecule has 0 aliphatic heterocycles. The molecule has 2 aromatic heterocycles. The summed E-state index contributed by atoms with van der Waals surface area (Å²) in [5, 5.41) is 2.43. The summed E-state index contributed by atoms with van der Waals surface area (Å²) < 4.78 is 7.28. The number of esters is 1. The van der Waals surface area contributed by atoms with E-state index in [-0.39, 0.29) is 23.6 Å². The number of halogens is 1. The van der Waals surface area contributed by atoms with Crippen molar-refractivity contribution in [1.82, 2.24) is 4.57 Å². The Labute approximate surface area is 172 Å². The lowest BCUT2D eigenvalue weighted by molar-refractivity contribution is 0.0475. The molecular formula is C21H21ClN2O3S. The van der Waals surface area contributed by atoms with Crippen LogP contribution in [0.4, 0.5) is 5.69 Å². The van der Waals surface area contributed by atoms with Crippen LogP contribution in [-0.4, -0.2) is 22.9 Å². The van der Waals surface area contributed by atoms with Crippen LogP contribution < -0.4 is 5.73 Å². The van der Waals surface area contributed by atoms with Gasteiger partial charge < -0.3 is 15.0 Å². The van der Waals surface area contributed by atoms with Crippen LogP contribution in [0.1, 0.15) is 37.0 Å². The van der Waals surface area contributed by atoms with Gasteiger partial charge in [-0.2, -0.15) is 0 Å². The zero-order valence-electron chi connectivity index (χ0n) is 15.7. The maximum absolute atomic E-state index is 12.6. The number of hydrogen-bond donors (Lipinski definition) is 1. The van der Waals surface area contributed by atoms with Crippen LogP contribution in [-0.2, 0) is 17.7 Å². The Bertz CT molecular complexity index is 1010. The molecule has 28 heavy (non-hydrogen) atoms. The molecule has 2 N–H and O–H groups in total. The van der Waals surface area contributed by atoms with Crippen LogP contribution >= 0.6 is 22.9 Å².